The monoisotopic (exact) mass is 544 g/mol. The average Bonchev–Trinajstić information content (AvgIpc) is 3.49. The van der Waals surface area contributed by atoms with Gasteiger partial charge >= 0.3 is 18.0 Å². The van der Waals surface area contributed by atoms with E-state index in [0.717, 1.165) is 16.7 Å². The van der Waals surface area contributed by atoms with E-state index in [9.17, 15) is 14.4 Å². The van der Waals surface area contributed by atoms with E-state index in [-0.39, 0.29) is 30.2 Å². The van der Waals surface area contributed by atoms with Crippen LogP contribution < -0.4 is 10.6 Å². The van der Waals surface area contributed by atoms with E-state index >= 15 is 0 Å². The minimum atomic E-state index is -0.769. The molecule has 1 saturated carbocycles. The van der Waals surface area contributed by atoms with Crippen molar-refractivity contribution in [2.24, 2.45) is 0 Å². The van der Waals surface area contributed by atoms with Gasteiger partial charge in [0.15, 0.2) is 5.57 Å². The summed E-state index contributed by atoms with van der Waals surface area (Å²) < 4.78 is 15.4. The van der Waals surface area contributed by atoms with E-state index in [4.69, 9.17) is 14.2 Å². The summed E-state index contributed by atoms with van der Waals surface area (Å²) in [6, 6.07) is 15.2. The molecule has 3 rings (SSSR count). The summed E-state index contributed by atoms with van der Waals surface area (Å²) in [5, 5.41) is 6.01. The Bertz CT molecular complexity index is 1080. The molecule has 9 heteroatoms. The zero-order valence-corrected chi connectivity index (χ0v) is 21.5. The lowest BCUT2D eigenvalue weighted by molar-refractivity contribution is -0.146. The molecule has 1 aliphatic carbocycles. The number of carbonyl (C=O) groups is 3. The highest BCUT2D eigenvalue weighted by atomic mass is 79.9. The maximum Gasteiger partial charge on any atom is 0.408 e. The van der Waals surface area contributed by atoms with Gasteiger partial charge in [0.1, 0.15) is 6.61 Å². The van der Waals surface area contributed by atoms with Crippen LogP contribution in [0.2, 0.25) is 0 Å². The Kier molecular flexibility index (Phi) is 8.92. The van der Waals surface area contributed by atoms with Crippen LogP contribution in [0.25, 0.3) is 0 Å². The topological polar surface area (TPSA) is 103 Å². The molecule has 0 spiro atoms. The van der Waals surface area contributed by atoms with Crippen molar-refractivity contribution in [3.63, 3.8) is 0 Å². The van der Waals surface area contributed by atoms with Gasteiger partial charge in [-0.3, -0.25) is 0 Å². The number of halogens is 1. The highest BCUT2D eigenvalue weighted by Gasteiger charge is 2.56. The van der Waals surface area contributed by atoms with E-state index in [1.54, 1.807) is 13.8 Å². The molecule has 0 aliphatic heterocycles. The summed E-state index contributed by atoms with van der Waals surface area (Å²) in [7, 11) is 0. The largest absolute Gasteiger partial charge is 0.462 e. The zero-order chi connectivity index (χ0) is 25.4. The van der Waals surface area contributed by atoms with Gasteiger partial charge in [-0.1, -0.05) is 58.4 Å². The van der Waals surface area contributed by atoms with Gasteiger partial charge in [-0.05, 0) is 49.9 Å². The molecule has 8 nitrogen and oxygen atoms in total. The molecular formula is C26H29BrN2O6. The van der Waals surface area contributed by atoms with Crippen molar-refractivity contribution in [2.45, 2.75) is 44.2 Å². The van der Waals surface area contributed by atoms with E-state index in [1.165, 1.54) is 6.20 Å². The number of anilines is 1. The molecule has 1 aliphatic rings. The lowest BCUT2D eigenvalue weighted by Crippen LogP contribution is -2.37. The molecule has 186 valence electrons. The van der Waals surface area contributed by atoms with Crippen molar-refractivity contribution in [3.05, 3.63) is 77.0 Å². The number of hydrogen-bond donors (Lipinski definition) is 2. The molecule has 2 aromatic carbocycles. The van der Waals surface area contributed by atoms with Crippen LogP contribution in [-0.2, 0) is 35.9 Å². The van der Waals surface area contributed by atoms with Crippen LogP contribution in [0.5, 0.6) is 0 Å². The Morgan fingerprint density at radius 1 is 1.03 bits per heavy atom. The number of hydrogen-bond acceptors (Lipinski definition) is 7. The predicted molar refractivity (Wildman–Crippen MR) is 135 cm³/mol. The first-order valence-electron chi connectivity index (χ1n) is 11.4. The van der Waals surface area contributed by atoms with Gasteiger partial charge in [0, 0.05) is 16.7 Å². The molecule has 2 N–H and O–H groups in total. The second-order valence-electron chi connectivity index (χ2n) is 8.00. The highest BCUT2D eigenvalue weighted by molar-refractivity contribution is 9.09. The summed E-state index contributed by atoms with van der Waals surface area (Å²) in [6.45, 7) is 5.64. The molecule has 2 aromatic rings. The lowest BCUT2D eigenvalue weighted by Gasteiger charge is -2.20. The molecule has 1 amide bonds. The van der Waals surface area contributed by atoms with E-state index in [1.807, 2.05) is 55.5 Å². The molecule has 35 heavy (non-hydrogen) atoms. The minimum Gasteiger partial charge on any atom is -0.462 e. The Balaban J connectivity index is 1.76. The van der Waals surface area contributed by atoms with Crippen LogP contribution in [0.4, 0.5) is 10.5 Å². The van der Waals surface area contributed by atoms with Crippen molar-refractivity contribution in [3.8, 4) is 0 Å². The third-order valence-electron chi connectivity index (χ3n) is 5.53. The third kappa shape index (κ3) is 6.63. The first-order chi connectivity index (χ1) is 16.8. The van der Waals surface area contributed by atoms with Crippen molar-refractivity contribution < 1.29 is 28.6 Å². The summed E-state index contributed by atoms with van der Waals surface area (Å²) in [5.41, 5.74) is 2.43. The molecule has 2 atom stereocenters. The standard InChI is InChI=1S/C26H29BrN2O6/c1-4-33-23(30)20(24(31)34-5-2)15-28-21-13-19(12-11-17(21)3)26(14-22(26)27)29-25(32)35-16-18-9-7-6-8-10-18/h6-13,15,22,28H,4-5,14,16H2,1-3H3,(H,29,32). The number of aryl methyl sites for hydroxylation is 1. The number of benzene rings is 2. The summed E-state index contributed by atoms with van der Waals surface area (Å²) >= 11 is 3.62. The Morgan fingerprint density at radius 2 is 1.66 bits per heavy atom. The van der Waals surface area contributed by atoms with Crippen molar-refractivity contribution in [1.29, 1.82) is 0 Å². The fourth-order valence-electron chi connectivity index (χ4n) is 3.49. The van der Waals surface area contributed by atoms with Gasteiger partial charge in [0.05, 0.1) is 18.8 Å². The Morgan fingerprint density at radius 3 is 2.23 bits per heavy atom. The molecule has 0 heterocycles. The first kappa shape index (κ1) is 26.3. The third-order valence-corrected chi connectivity index (χ3v) is 6.63. The SMILES string of the molecule is CCOC(=O)C(=CNc1cc(C2(NC(=O)OCc3ccccc3)CC2Br)ccc1C)C(=O)OCC. The number of nitrogens with one attached hydrogen (secondary N) is 2. The quantitative estimate of drug-likeness (QED) is 0.111. The van der Waals surface area contributed by atoms with Gasteiger partial charge in [-0.25, -0.2) is 14.4 Å². The molecule has 0 radical (unpaired) electrons. The van der Waals surface area contributed by atoms with E-state index in [2.05, 4.69) is 26.6 Å². The molecule has 2 unspecified atom stereocenters. The minimum absolute atomic E-state index is 0.0278. The van der Waals surface area contributed by atoms with Crippen LogP contribution in [0.3, 0.4) is 0 Å². The number of amides is 1. The molecular weight excluding hydrogens is 516 g/mol. The predicted octanol–water partition coefficient (Wildman–Crippen LogP) is 4.71. The van der Waals surface area contributed by atoms with Gasteiger partial charge in [0.25, 0.3) is 0 Å². The molecule has 1 fully saturated rings. The summed E-state index contributed by atoms with van der Waals surface area (Å²) in [4.78, 5) is 37.0. The molecule has 0 saturated heterocycles. The first-order valence-corrected chi connectivity index (χ1v) is 12.3. The molecule has 0 bridgehead atoms. The number of alkyl carbamates (subject to hydrolysis) is 1. The normalized spacial score (nSPS) is 18.1. The number of ether oxygens (including phenoxy) is 3. The van der Waals surface area contributed by atoms with Crippen LogP contribution in [0.15, 0.2) is 60.3 Å². The van der Waals surface area contributed by atoms with Crippen LogP contribution in [-0.4, -0.2) is 36.1 Å². The van der Waals surface area contributed by atoms with Crippen LogP contribution >= 0.6 is 15.9 Å². The van der Waals surface area contributed by atoms with E-state index < -0.39 is 23.6 Å². The lowest BCUT2D eigenvalue weighted by atomic mass is 10.0. The van der Waals surface area contributed by atoms with Crippen molar-refractivity contribution in [2.75, 3.05) is 18.5 Å². The Labute approximate surface area is 213 Å². The average molecular weight is 545 g/mol. The smallest absolute Gasteiger partial charge is 0.408 e. The van der Waals surface area contributed by atoms with Gasteiger partial charge in [0.2, 0.25) is 0 Å². The summed E-state index contributed by atoms with van der Waals surface area (Å²) in [5.74, 6) is -1.54. The highest BCUT2D eigenvalue weighted by Crippen LogP contribution is 2.51. The van der Waals surface area contributed by atoms with Gasteiger partial charge < -0.3 is 24.8 Å². The fraction of sp³-hybridized carbons (Fsp3) is 0.346. The maximum absolute atomic E-state index is 12.5. The van der Waals surface area contributed by atoms with Crippen LogP contribution in [0, 0.1) is 6.92 Å². The number of esters is 2. The Hall–Kier alpha value is -3.33. The maximum atomic E-state index is 12.5. The van der Waals surface area contributed by atoms with Crippen LogP contribution in [0.1, 0.15) is 37.0 Å². The van der Waals surface area contributed by atoms with Gasteiger partial charge in [-0.2, -0.15) is 0 Å². The summed E-state index contributed by atoms with van der Waals surface area (Å²) in [6.07, 6.45) is 1.45. The van der Waals surface area contributed by atoms with Gasteiger partial charge in [-0.15, -0.1) is 0 Å². The molecule has 0 aromatic heterocycles. The number of rotatable bonds is 10. The second kappa shape index (κ2) is 11.9. The number of alkyl halides is 1. The van der Waals surface area contributed by atoms with Crippen molar-refractivity contribution >= 4 is 39.6 Å². The van der Waals surface area contributed by atoms with E-state index in [0.29, 0.717) is 12.1 Å². The second-order valence-corrected chi connectivity index (χ2v) is 9.11. The van der Waals surface area contributed by atoms with Crippen molar-refractivity contribution in [1.82, 2.24) is 5.32 Å². The zero-order valence-electron chi connectivity index (χ0n) is 19.9. The fourth-order valence-corrected chi connectivity index (χ4v) is 4.38. The number of carbonyl (C=O) groups excluding carboxylic acids is 3.